The highest BCUT2D eigenvalue weighted by molar-refractivity contribution is 7.99. The summed E-state index contributed by atoms with van der Waals surface area (Å²) in [6.07, 6.45) is 2.36. The van der Waals surface area contributed by atoms with E-state index in [0.717, 1.165) is 33.8 Å². The van der Waals surface area contributed by atoms with Crippen LogP contribution in [0.15, 0.2) is 52.3 Å². The fraction of sp³-hybridized carbons (Fsp3) is 0.429. The van der Waals surface area contributed by atoms with Crippen LogP contribution in [0.1, 0.15) is 51.2 Å². The minimum atomic E-state index is -1.03. The second kappa shape index (κ2) is 7.32. The molecule has 1 heterocycles. The molecule has 25 heavy (non-hydrogen) atoms. The van der Waals surface area contributed by atoms with E-state index in [1.54, 1.807) is 11.8 Å². The molecule has 0 amide bonds. The Labute approximate surface area is 159 Å². The van der Waals surface area contributed by atoms with Gasteiger partial charge < -0.3 is 9.84 Å². The highest BCUT2D eigenvalue weighted by Gasteiger charge is 2.39. The summed E-state index contributed by atoms with van der Waals surface area (Å²) < 4.78 is 5.97. The van der Waals surface area contributed by atoms with Crippen molar-refractivity contribution in [2.45, 2.75) is 61.0 Å². The highest BCUT2D eigenvalue weighted by atomic mass is 35.5. The van der Waals surface area contributed by atoms with Crippen LogP contribution >= 0.6 is 23.4 Å². The molecule has 2 aromatic rings. The zero-order valence-corrected chi connectivity index (χ0v) is 16.6. The Morgan fingerprint density at radius 1 is 1.12 bits per heavy atom. The van der Waals surface area contributed by atoms with Crippen molar-refractivity contribution >= 4 is 23.4 Å². The average Bonchev–Trinajstić information content (AvgIpc) is 2.60. The Hall–Kier alpha value is -1.00. The molecule has 1 N–H and O–H groups in total. The van der Waals surface area contributed by atoms with Crippen molar-refractivity contribution in [2.75, 3.05) is 6.61 Å². The van der Waals surface area contributed by atoms with E-state index in [2.05, 4.69) is 26.8 Å². The summed E-state index contributed by atoms with van der Waals surface area (Å²) in [5.74, 6) is 0. The number of ether oxygens (including phenoxy) is 1. The van der Waals surface area contributed by atoms with Crippen LogP contribution in [0.3, 0.4) is 0 Å². The van der Waals surface area contributed by atoms with Gasteiger partial charge in [-0.3, -0.25) is 0 Å². The molecule has 4 heteroatoms. The second-order valence-electron chi connectivity index (χ2n) is 7.16. The summed E-state index contributed by atoms with van der Waals surface area (Å²) in [7, 11) is 0. The van der Waals surface area contributed by atoms with Gasteiger partial charge in [-0.2, -0.15) is 0 Å². The van der Waals surface area contributed by atoms with Crippen LogP contribution in [-0.2, 0) is 10.3 Å². The van der Waals surface area contributed by atoms with Gasteiger partial charge in [0.25, 0.3) is 0 Å². The maximum atomic E-state index is 11.7. The van der Waals surface area contributed by atoms with Gasteiger partial charge in [0.2, 0.25) is 0 Å². The number of benzene rings is 2. The molecule has 1 atom stereocenters. The fourth-order valence-corrected chi connectivity index (χ4v) is 4.50. The second-order valence-corrected chi connectivity index (χ2v) is 8.68. The van der Waals surface area contributed by atoms with Crippen LogP contribution in [0.4, 0.5) is 0 Å². The first-order chi connectivity index (χ1) is 11.9. The predicted molar refractivity (Wildman–Crippen MR) is 105 cm³/mol. The van der Waals surface area contributed by atoms with E-state index in [-0.39, 0.29) is 5.60 Å². The molecule has 0 fully saturated rings. The number of hydrogen-bond donors (Lipinski definition) is 1. The largest absolute Gasteiger partial charge is 0.380 e. The molecule has 1 aliphatic rings. The van der Waals surface area contributed by atoms with Gasteiger partial charge in [0.05, 0.1) is 5.60 Å². The number of hydrogen-bond acceptors (Lipinski definition) is 3. The molecule has 1 aliphatic heterocycles. The van der Waals surface area contributed by atoms with Gasteiger partial charge in [0.15, 0.2) is 0 Å². The van der Waals surface area contributed by atoms with Crippen LogP contribution in [0, 0.1) is 0 Å². The van der Waals surface area contributed by atoms with E-state index < -0.39 is 5.60 Å². The van der Waals surface area contributed by atoms with Crippen molar-refractivity contribution in [1.82, 2.24) is 0 Å². The molecule has 0 bridgehead atoms. The molecule has 0 radical (unpaired) electrons. The van der Waals surface area contributed by atoms with Gasteiger partial charge in [-0.25, -0.2) is 0 Å². The normalized spacial score (nSPS) is 19.4. The van der Waals surface area contributed by atoms with Crippen molar-refractivity contribution in [2.24, 2.45) is 0 Å². The molecule has 0 saturated heterocycles. The SMILES string of the molecule is CCC(C)(C)OCCC[C@@]1(O)c2ccccc2Sc2ccc(Cl)cc21. The smallest absolute Gasteiger partial charge is 0.117 e. The highest BCUT2D eigenvalue weighted by Crippen LogP contribution is 2.50. The first-order valence-corrected chi connectivity index (χ1v) is 9.99. The summed E-state index contributed by atoms with van der Waals surface area (Å²) >= 11 is 7.92. The van der Waals surface area contributed by atoms with Crippen molar-refractivity contribution in [3.63, 3.8) is 0 Å². The monoisotopic (exact) mass is 376 g/mol. The minimum Gasteiger partial charge on any atom is -0.380 e. The minimum absolute atomic E-state index is 0.121. The summed E-state index contributed by atoms with van der Waals surface area (Å²) in [6.45, 7) is 6.96. The van der Waals surface area contributed by atoms with Gasteiger partial charge in [-0.15, -0.1) is 0 Å². The van der Waals surface area contributed by atoms with E-state index >= 15 is 0 Å². The average molecular weight is 377 g/mol. The molecular formula is C21H25ClO2S. The van der Waals surface area contributed by atoms with Gasteiger partial charge >= 0.3 is 0 Å². The quantitative estimate of drug-likeness (QED) is 0.624. The lowest BCUT2D eigenvalue weighted by atomic mass is 9.82. The molecule has 0 aromatic heterocycles. The molecule has 2 nitrogen and oxygen atoms in total. The first kappa shape index (κ1) is 18.8. The van der Waals surface area contributed by atoms with Crippen molar-refractivity contribution in [3.05, 3.63) is 58.6 Å². The zero-order valence-electron chi connectivity index (χ0n) is 15.0. The van der Waals surface area contributed by atoms with Gasteiger partial charge in [-0.1, -0.05) is 48.5 Å². The van der Waals surface area contributed by atoms with Crippen LogP contribution in [0.5, 0.6) is 0 Å². The Balaban J connectivity index is 1.87. The van der Waals surface area contributed by atoms with E-state index in [9.17, 15) is 5.11 Å². The summed E-state index contributed by atoms with van der Waals surface area (Å²) in [4.78, 5) is 2.18. The number of halogens is 1. The van der Waals surface area contributed by atoms with Gasteiger partial charge in [0.1, 0.15) is 5.60 Å². The van der Waals surface area contributed by atoms with E-state index in [4.69, 9.17) is 16.3 Å². The predicted octanol–water partition coefficient (Wildman–Crippen LogP) is 6.03. The number of fused-ring (bicyclic) bond motifs is 2. The molecule has 0 unspecified atom stereocenters. The molecular weight excluding hydrogens is 352 g/mol. The van der Waals surface area contributed by atoms with Crippen molar-refractivity contribution < 1.29 is 9.84 Å². The Morgan fingerprint density at radius 2 is 1.84 bits per heavy atom. The van der Waals surface area contributed by atoms with Crippen LogP contribution in [0.2, 0.25) is 5.02 Å². The van der Waals surface area contributed by atoms with E-state index in [1.165, 1.54) is 0 Å². The maximum absolute atomic E-state index is 11.7. The summed E-state index contributed by atoms with van der Waals surface area (Å²) in [5.41, 5.74) is 0.717. The van der Waals surface area contributed by atoms with Gasteiger partial charge in [0, 0.05) is 32.5 Å². The lowest BCUT2D eigenvalue weighted by Crippen LogP contribution is -2.32. The molecule has 3 rings (SSSR count). The van der Waals surface area contributed by atoms with Crippen LogP contribution < -0.4 is 0 Å². The molecule has 134 valence electrons. The third-order valence-corrected chi connectivity index (χ3v) is 6.35. The number of aliphatic hydroxyl groups is 1. The fourth-order valence-electron chi connectivity index (χ4n) is 3.12. The van der Waals surface area contributed by atoms with Crippen LogP contribution in [-0.4, -0.2) is 17.3 Å². The summed E-state index contributed by atoms with van der Waals surface area (Å²) in [6, 6.07) is 13.9. The lowest BCUT2D eigenvalue weighted by Gasteiger charge is -2.36. The van der Waals surface area contributed by atoms with Crippen molar-refractivity contribution in [3.8, 4) is 0 Å². The summed E-state index contributed by atoms with van der Waals surface area (Å²) in [5, 5.41) is 12.3. The van der Waals surface area contributed by atoms with Crippen LogP contribution in [0.25, 0.3) is 0 Å². The Bertz CT molecular complexity index is 759. The first-order valence-electron chi connectivity index (χ1n) is 8.79. The topological polar surface area (TPSA) is 29.5 Å². The van der Waals surface area contributed by atoms with E-state index in [1.807, 2.05) is 36.4 Å². The third-order valence-electron chi connectivity index (χ3n) is 4.97. The van der Waals surface area contributed by atoms with Gasteiger partial charge in [-0.05, 0) is 57.4 Å². The standard InChI is InChI=1S/C21H25ClO2S/c1-4-20(2,3)24-13-7-12-21(23)16-8-5-6-9-18(16)25-19-11-10-15(22)14-17(19)21/h5-6,8-11,14,23H,4,7,12-13H2,1-3H3/t21-/m1/s1. The van der Waals surface area contributed by atoms with E-state index in [0.29, 0.717) is 18.1 Å². The Kier molecular flexibility index (Phi) is 5.50. The number of rotatable bonds is 6. The molecule has 0 aliphatic carbocycles. The van der Waals surface area contributed by atoms with Crippen molar-refractivity contribution in [1.29, 1.82) is 0 Å². The molecule has 2 aromatic carbocycles. The molecule has 0 saturated carbocycles. The lowest BCUT2D eigenvalue weighted by molar-refractivity contribution is -0.0307. The zero-order chi connectivity index (χ0) is 18.1. The maximum Gasteiger partial charge on any atom is 0.117 e. The third kappa shape index (κ3) is 3.90. The Morgan fingerprint density at radius 3 is 2.60 bits per heavy atom. The molecule has 0 spiro atoms.